The second kappa shape index (κ2) is 5.14. The van der Waals surface area contributed by atoms with Crippen LogP contribution in [0.2, 0.25) is 0 Å². The van der Waals surface area contributed by atoms with Crippen molar-refractivity contribution in [3.63, 3.8) is 0 Å². The highest BCUT2D eigenvalue weighted by Gasteiger charge is 2.05. The maximum atomic E-state index is 13.1. The normalized spacial score (nSPS) is 12.2. The SMILES string of the molecule is Cc1ccc(F)cc1Oc1ccc([C@H](C)O)nc1. The minimum Gasteiger partial charge on any atom is -0.455 e. The van der Waals surface area contributed by atoms with Gasteiger partial charge in [-0.2, -0.15) is 0 Å². The van der Waals surface area contributed by atoms with Crippen molar-refractivity contribution in [1.29, 1.82) is 0 Å². The molecule has 0 aliphatic carbocycles. The van der Waals surface area contributed by atoms with E-state index >= 15 is 0 Å². The number of aromatic nitrogens is 1. The summed E-state index contributed by atoms with van der Waals surface area (Å²) in [6, 6.07) is 7.74. The first kappa shape index (κ1) is 12.5. The molecule has 0 unspecified atom stereocenters. The number of pyridine rings is 1. The molecule has 0 radical (unpaired) electrons. The number of hydrogen-bond acceptors (Lipinski definition) is 3. The molecule has 1 aromatic carbocycles. The summed E-state index contributed by atoms with van der Waals surface area (Å²) in [7, 11) is 0. The van der Waals surface area contributed by atoms with Crippen molar-refractivity contribution in [2.75, 3.05) is 0 Å². The third kappa shape index (κ3) is 2.84. The zero-order valence-electron chi connectivity index (χ0n) is 10.2. The maximum absolute atomic E-state index is 13.1. The lowest BCUT2D eigenvalue weighted by atomic mass is 10.2. The molecule has 0 saturated heterocycles. The smallest absolute Gasteiger partial charge is 0.145 e. The molecule has 0 saturated carbocycles. The summed E-state index contributed by atoms with van der Waals surface area (Å²) < 4.78 is 18.6. The molecule has 4 heteroatoms. The van der Waals surface area contributed by atoms with Crippen LogP contribution in [0.4, 0.5) is 4.39 Å². The Hall–Kier alpha value is -1.94. The summed E-state index contributed by atoms with van der Waals surface area (Å²) in [5, 5.41) is 9.33. The standard InChI is InChI=1S/C14H14FNO2/c1-9-3-4-11(15)7-14(9)18-12-5-6-13(10(2)17)16-8-12/h3-8,10,17H,1-2H3/t10-/m0/s1. The molecule has 0 amide bonds. The molecule has 2 aromatic rings. The number of aliphatic hydroxyl groups excluding tert-OH is 1. The molecule has 94 valence electrons. The lowest BCUT2D eigenvalue weighted by molar-refractivity contribution is 0.194. The highest BCUT2D eigenvalue weighted by molar-refractivity contribution is 5.36. The molecule has 0 aliphatic heterocycles. The number of rotatable bonds is 3. The van der Waals surface area contributed by atoms with E-state index in [0.717, 1.165) is 5.56 Å². The van der Waals surface area contributed by atoms with Gasteiger partial charge in [-0.15, -0.1) is 0 Å². The molecule has 2 rings (SSSR count). The van der Waals surface area contributed by atoms with E-state index in [0.29, 0.717) is 17.2 Å². The predicted molar refractivity (Wildman–Crippen MR) is 66.1 cm³/mol. The van der Waals surface area contributed by atoms with E-state index in [4.69, 9.17) is 4.74 Å². The fraction of sp³-hybridized carbons (Fsp3) is 0.214. The van der Waals surface area contributed by atoms with Gasteiger partial charge in [-0.05, 0) is 37.6 Å². The Morgan fingerprint density at radius 2 is 2.06 bits per heavy atom. The number of ether oxygens (including phenoxy) is 1. The molecule has 3 nitrogen and oxygen atoms in total. The second-order valence-electron chi connectivity index (χ2n) is 4.11. The van der Waals surface area contributed by atoms with E-state index in [2.05, 4.69) is 4.98 Å². The Balaban J connectivity index is 2.21. The lowest BCUT2D eigenvalue weighted by Crippen LogP contribution is -1.95. The minimum absolute atomic E-state index is 0.343. The molecule has 1 atom stereocenters. The number of aryl methyl sites for hydroxylation is 1. The Morgan fingerprint density at radius 3 is 2.67 bits per heavy atom. The summed E-state index contributed by atoms with van der Waals surface area (Å²) in [6.07, 6.45) is 0.891. The van der Waals surface area contributed by atoms with Gasteiger partial charge in [0, 0.05) is 6.07 Å². The van der Waals surface area contributed by atoms with Gasteiger partial charge in [0.15, 0.2) is 0 Å². The van der Waals surface area contributed by atoms with Crippen LogP contribution in [-0.4, -0.2) is 10.1 Å². The Kier molecular flexibility index (Phi) is 3.58. The monoisotopic (exact) mass is 247 g/mol. The average Bonchev–Trinajstić information content (AvgIpc) is 2.34. The summed E-state index contributed by atoms with van der Waals surface area (Å²) in [4.78, 5) is 4.06. The fourth-order valence-electron chi connectivity index (χ4n) is 1.51. The van der Waals surface area contributed by atoms with Gasteiger partial charge >= 0.3 is 0 Å². The maximum Gasteiger partial charge on any atom is 0.145 e. The zero-order valence-corrected chi connectivity index (χ0v) is 10.2. The molecule has 1 N–H and O–H groups in total. The Labute approximate surface area is 105 Å². The first-order valence-electron chi connectivity index (χ1n) is 5.64. The van der Waals surface area contributed by atoms with Crippen LogP contribution in [0.3, 0.4) is 0 Å². The summed E-state index contributed by atoms with van der Waals surface area (Å²) in [5.41, 5.74) is 1.41. The van der Waals surface area contributed by atoms with Gasteiger partial charge in [-0.3, -0.25) is 4.98 Å². The average molecular weight is 247 g/mol. The molecule has 1 heterocycles. The van der Waals surface area contributed by atoms with Crippen LogP contribution in [0.25, 0.3) is 0 Å². The molecule has 18 heavy (non-hydrogen) atoms. The summed E-state index contributed by atoms with van der Waals surface area (Å²) in [6.45, 7) is 3.48. The molecule has 0 aliphatic rings. The molecule has 1 aromatic heterocycles. The van der Waals surface area contributed by atoms with Crippen LogP contribution in [0, 0.1) is 12.7 Å². The number of halogens is 1. The topological polar surface area (TPSA) is 42.4 Å². The highest BCUT2D eigenvalue weighted by Crippen LogP contribution is 2.25. The highest BCUT2D eigenvalue weighted by atomic mass is 19.1. The van der Waals surface area contributed by atoms with Gasteiger partial charge in [-0.25, -0.2) is 4.39 Å². The number of aliphatic hydroxyl groups is 1. The van der Waals surface area contributed by atoms with Gasteiger partial charge in [0.2, 0.25) is 0 Å². The van der Waals surface area contributed by atoms with Gasteiger partial charge in [0.05, 0.1) is 18.0 Å². The van der Waals surface area contributed by atoms with Crippen molar-refractivity contribution in [3.05, 3.63) is 53.6 Å². The van der Waals surface area contributed by atoms with Crippen molar-refractivity contribution in [1.82, 2.24) is 4.98 Å². The van der Waals surface area contributed by atoms with Crippen molar-refractivity contribution >= 4 is 0 Å². The van der Waals surface area contributed by atoms with Crippen LogP contribution >= 0.6 is 0 Å². The van der Waals surface area contributed by atoms with Gasteiger partial charge < -0.3 is 9.84 Å². The van der Waals surface area contributed by atoms with Gasteiger partial charge in [0.1, 0.15) is 17.3 Å². The van der Waals surface area contributed by atoms with E-state index in [1.54, 1.807) is 25.1 Å². The molecular weight excluding hydrogens is 233 g/mol. The minimum atomic E-state index is -0.616. The van der Waals surface area contributed by atoms with Crippen molar-refractivity contribution in [2.45, 2.75) is 20.0 Å². The van der Waals surface area contributed by atoms with Crippen molar-refractivity contribution in [2.24, 2.45) is 0 Å². The van der Waals surface area contributed by atoms with E-state index in [1.807, 2.05) is 6.92 Å². The third-order valence-electron chi connectivity index (χ3n) is 2.57. The third-order valence-corrected chi connectivity index (χ3v) is 2.57. The molecular formula is C14H14FNO2. The predicted octanol–water partition coefficient (Wildman–Crippen LogP) is 3.37. The van der Waals surface area contributed by atoms with E-state index < -0.39 is 6.10 Å². The first-order valence-corrected chi connectivity index (χ1v) is 5.64. The lowest BCUT2D eigenvalue weighted by Gasteiger charge is -2.09. The number of nitrogens with zero attached hydrogens (tertiary/aromatic N) is 1. The fourth-order valence-corrected chi connectivity index (χ4v) is 1.51. The van der Waals surface area contributed by atoms with E-state index in [1.165, 1.54) is 18.3 Å². The number of hydrogen-bond donors (Lipinski definition) is 1. The summed E-state index contributed by atoms with van der Waals surface area (Å²) >= 11 is 0. The quantitative estimate of drug-likeness (QED) is 0.904. The van der Waals surface area contributed by atoms with Gasteiger partial charge in [-0.1, -0.05) is 6.07 Å². The van der Waals surface area contributed by atoms with Gasteiger partial charge in [0.25, 0.3) is 0 Å². The molecule has 0 fully saturated rings. The van der Waals surface area contributed by atoms with Crippen LogP contribution in [0.1, 0.15) is 24.3 Å². The second-order valence-corrected chi connectivity index (χ2v) is 4.11. The van der Waals surface area contributed by atoms with Crippen LogP contribution in [-0.2, 0) is 0 Å². The largest absolute Gasteiger partial charge is 0.455 e. The van der Waals surface area contributed by atoms with Crippen molar-refractivity contribution in [3.8, 4) is 11.5 Å². The molecule has 0 spiro atoms. The van der Waals surface area contributed by atoms with Crippen LogP contribution < -0.4 is 4.74 Å². The van der Waals surface area contributed by atoms with Crippen LogP contribution in [0.5, 0.6) is 11.5 Å². The summed E-state index contributed by atoms with van der Waals surface area (Å²) in [5.74, 6) is 0.624. The van der Waals surface area contributed by atoms with E-state index in [-0.39, 0.29) is 5.82 Å². The van der Waals surface area contributed by atoms with Crippen LogP contribution in [0.15, 0.2) is 36.5 Å². The number of benzene rings is 1. The van der Waals surface area contributed by atoms with E-state index in [9.17, 15) is 9.50 Å². The Bertz CT molecular complexity index is 538. The Morgan fingerprint density at radius 1 is 1.28 bits per heavy atom. The molecule has 0 bridgehead atoms. The first-order chi connectivity index (χ1) is 8.56. The zero-order chi connectivity index (χ0) is 13.1. The van der Waals surface area contributed by atoms with Crippen molar-refractivity contribution < 1.29 is 14.2 Å².